The molecule has 0 radical (unpaired) electrons. The largest absolute Gasteiger partial charge is 0.462 e. The molecule has 0 atom stereocenters. The third kappa shape index (κ3) is 6.56. The van der Waals surface area contributed by atoms with Gasteiger partial charge in [-0.3, -0.25) is 4.79 Å². The lowest BCUT2D eigenvalue weighted by Gasteiger charge is -2.08. The number of anilines is 1. The number of halogens is 2. The number of rotatable bonds is 8. The first-order valence-electron chi connectivity index (χ1n) is 8.14. The van der Waals surface area contributed by atoms with Crippen molar-refractivity contribution in [3.8, 4) is 0 Å². The van der Waals surface area contributed by atoms with E-state index in [0.29, 0.717) is 27.9 Å². The molecular formula is C19H19Cl2NO3S. The van der Waals surface area contributed by atoms with Crippen molar-refractivity contribution >= 4 is 52.5 Å². The van der Waals surface area contributed by atoms with Crippen molar-refractivity contribution in [2.75, 3.05) is 17.7 Å². The van der Waals surface area contributed by atoms with Crippen LogP contribution in [0.1, 0.15) is 30.1 Å². The molecule has 2 rings (SSSR count). The Bertz CT molecular complexity index is 766. The van der Waals surface area contributed by atoms with Crippen molar-refractivity contribution in [2.45, 2.75) is 24.7 Å². The molecule has 0 heterocycles. The van der Waals surface area contributed by atoms with E-state index < -0.39 is 0 Å². The molecule has 2 aromatic carbocycles. The Balaban J connectivity index is 1.85. The average Bonchev–Trinajstić information content (AvgIpc) is 2.63. The highest BCUT2D eigenvalue weighted by Gasteiger charge is 2.09. The molecule has 2 aromatic rings. The minimum absolute atomic E-state index is 0.177. The molecule has 138 valence electrons. The van der Waals surface area contributed by atoms with E-state index in [-0.39, 0.29) is 17.6 Å². The van der Waals surface area contributed by atoms with Crippen LogP contribution in [0.25, 0.3) is 0 Å². The first-order valence-corrected chi connectivity index (χ1v) is 9.88. The highest BCUT2D eigenvalue weighted by atomic mass is 35.5. The summed E-state index contributed by atoms with van der Waals surface area (Å²) in [7, 11) is 0. The maximum absolute atomic E-state index is 12.1. The van der Waals surface area contributed by atoms with Gasteiger partial charge in [-0.25, -0.2) is 4.79 Å². The zero-order valence-electron chi connectivity index (χ0n) is 14.3. The second kappa shape index (κ2) is 10.5. The zero-order valence-corrected chi connectivity index (χ0v) is 16.6. The van der Waals surface area contributed by atoms with Crippen LogP contribution in [0, 0.1) is 0 Å². The van der Waals surface area contributed by atoms with Gasteiger partial charge in [0, 0.05) is 15.6 Å². The monoisotopic (exact) mass is 411 g/mol. The van der Waals surface area contributed by atoms with Gasteiger partial charge in [0.25, 0.3) is 0 Å². The Hall–Kier alpha value is -1.69. The van der Waals surface area contributed by atoms with Gasteiger partial charge in [-0.05, 0) is 48.9 Å². The molecule has 26 heavy (non-hydrogen) atoms. The molecule has 0 saturated heterocycles. The number of unbranched alkanes of at least 4 members (excludes halogenated alkanes) is 1. The summed E-state index contributed by atoms with van der Waals surface area (Å²) in [6.07, 6.45) is 1.81. The third-order valence-corrected chi connectivity index (χ3v) is 5.12. The molecule has 7 heteroatoms. The van der Waals surface area contributed by atoms with Gasteiger partial charge in [-0.2, -0.15) is 0 Å². The van der Waals surface area contributed by atoms with Gasteiger partial charge >= 0.3 is 5.97 Å². The number of carbonyl (C=O) groups is 2. The number of benzene rings is 2. The number of thioether (sulfide) groups is 1. The van der Waals surface area contributed by atoms with Gasteiger partial charge in [-0.1, -0.05) is 36.5 Å². The molecule has 0 aliphatic heterocycles. The second-order valence-electron chi connectivity index (χ2n) is 5.48. The van der Waals surface area contributed by atoms with Crippen LogP contribution < -0.4 is 5.32 Å². The second-order valence-corrected chi connectivity index (χ2v) is 7.34. The Kier molecular flexibility index (Phi) is 8.29. The quantitative estimate of drug-likeness (QED) is 0.344. The van der Waals surface area contributed by atoms with E-state index >= 15 is 0 Å². The lowest BCUT2D eigenvalue weighted by molar-refractivity contribution is -0.113. The Labute approximate surface area is 167 Å². The molecule has 1 N–H and O–H groups in total. The number of esters is 1. The van der Waals surface area contributed by atoms with E-state index in [1.54, 1.807) is 42.5 Å². The van der Waals surface area contributed by atoms with Gasteiger partial charge in [0.2, 0.25) is 5.91 Å². The fourth-order valence-electron chi connectivity index (χ4n) is 2.01. The van der Waals surface area contributed by atoms with Crippen LogP contribution in [0.2, 0.25) is 10.0 Å². The van der Waals surface area contributed by atoms with E-state index in [2.05, 4.69) is 5.32 Å². The molecule has 0 fully saturated rings. The Morgan fingerprint density at radius 1 is 1.12 bits per heavy atom. The molecule has 0 bridgehead atoms. The lowest BCUT2D eigenvalue weighted by Crippen LogP contribution is -2.14. The summed E-state index contributed by atoms with van der Waals surface area (Å²) in [4.78, 5) is 24.7. The summed E-state index contributed by atoms with van der Waals surface area (Å²) in [6.45, 7) is 2.45. The average molecular weight is 412 g/mol. The molecular weight excluding hydrogens is 393 g/mol. The van der Waals surface area contributed by atoms with E-state index in [1.807, 2.05) is 6.92 Å². The maximum Gasteiger partial charge on any atom is 0.338 e. The van der Waals surface area contributed by atoms with Crippen LogP contribution in [0.5, 0.6) is 0 Å². The molecule has 0 unspecified atom stereocenters. The SMILES string of the molecule is CCCCOC(=O)c1ccc(NC(=O)CSc2cc(Cl)ccc2Cl)cc1. The van der Waals surface area contributed by atoms with Crippen molar-refractivity contribution in [3.63, 3.8) is 0 Å². The van der Waals surface area contributed by atoms with E-state index in [0.717, 1.165) is 17.7 Å². The van der Waals surface area contributed by atoms with Crippen LogP contribution in [0.15, 0.2) is 47.4 Å². The van der Waals surface area contributed by atoms with Crippen LogP contribution in [0.3, 0.4) is 0 Å². The first kappa shape index (κ1) is 20.6. The van der Waals surface area contributed by atoms with Crippen molar-refractivity contribution in [3.05, 3.63) is 58.1 Å². The van der Waals surface area contributed by atoms with Crippen LogP contribution >= 0.6 is 35.0 Å². The number of hydrogen-bond acceptors (Lipinski definition) is 4. The van der Waals surface area contributed by atoms with E-state index in [4.69, 9.17) is 27.9 Å². The smallest absolute Gasteiger partial charge is 0.338 e. The van der Waals surface area contributed by atoms with Crippen LogP contribution in [-0.4, -0.2) is 24.2 Å². The van der Waals surface area contributed by atoms with E-state index in [1.165, 1.54) is 11.8 Å². The molecule has 0 saturated carbocycles. The standard InChI is InChI=1S/C19H19Cl2NO3S/c1-2-3-10-25-19(24)13-4-7-15(8-5-13)22-18(23)12-26-17-11-14(20)6-9-16(17)21/h4-9,11H,2-3,10,12H2,1H3,(H,22,23). The predicted octanol–water partition coefficient (Wildman–Crippen LogP) is 5.68. The highest BCUT2D eigenvalue weighted by Crippen LogP contribution is 2.29. The zero-order chi connectivity index (χ0) is 18.9. The van der Waals surface area contributed by atoms with Gasteiger partial charge in [0.1, 0.15) is 0 Å². The molecule has 1 amide bonds. The van der Waals surface area contributed by atoms with E-state index in [9.17, 15) is 9.59 Å². The summed E-state index contributed by atoms with van der Waals surface area (Å²) in [6, 6.07) is 11.7. The Morgan fingerprint density at radius 3 is 2.54 bits per heavy atom. The van der Waals surface area contributed by atoms with Gasteiger partial charge in [-0.15, -0.1) is 11.8 Å². The normalized spacial score (nSPS) is 10.4. The van der Waals surface area contributed by atoms with Crippen molar-refractivity contribution in [1.82, 2.24) is 0 Å². The Morgan fingerprint density at radius 2 is 1.85 bits per heavy atom. The summed E-state index contributed by atoms with van der Waals surface area (Å²) >= 11 is 13.3. The number of hydrogen-bond donors (Lipinski definition) is 1. The summed E-state index contributed by atoms with van der Waals surface area (Å²) in [5.74, 6) is -0.340. The van der Waals surface area contributed by atoms with Crippen LogP contribution in [-0.2, 0) is 9.53 Å². The minimum atomic E-state index is -0.359. The summed E-state index contributed by atoms with van der Waals surface area (Å²) in [5, 5.41) is 3.90. The number of ether oxygens (including phenoxy) is 1. The van der Waals surface area contributed by atoms with Crippen molar-refractivity contribution < 1.29 is 14.3 Å². The number of carbonyl (C=O) groups excluding carboxylic acids is 2. The van der Waals surface area contributed by atoms with Gasteiger partial charge in [0.15, 0.2) is 0 Å². The third-order valence-electron chi connectivity index (χ3n) is 3.39. The lowest BCUT2D eigenvalue weighted by atomic mass is 10.2. The molecule has 0 aliphatic rings. The molecule has 4 nitrogen and oxygen atoms in total. The van der Waals surface area contributed by atoms with Gasteiger partial charge in [0.05, 0.1) is 22.9 Å². The van der Waals surface area contributed by atoms with Crippen molar-refractivity contribution in [1.29, 1.82) is 0 Å². The summed E-state index contributed by atoms with van der Waals surface area (Å²) < 4.78 is 5.14. The fraction of sp³-hybridized carbons (Fsp3) is 0.263. The highest BCUT2D eigenvalue weighted by molar-refractivity contribution is 8.00. The number of nitrogens with one attached hydrogen (secondary N) is 1. The topological polar surface area (TPSA) is 55.4 Å². The maximum atomic E-state index is 12.1. The van der Waals surface area contributed by atoms with Gasteiger partial charge < -0.3 is 10.1 Å². The number of amides is 1. The molecule has 0 aliphatic carbocycles. The molecule has 0 spiro atoms. The van der Waals surface area contributed by atoms with Crippen LogP contribution in [0.4, 0.5) is 5.69 Å². The summed E-state index contributed by atoms with van der Waals surface area (Å²) in [5.41, 5.74) is 1.07. The minimum Gasteiger partial charge on any atom is -0.462 e. The fourth-order valence-corrected chi connectivity index (χ4v) is 3.30. The van der Waals surface area contributed by atoms with Crippen molar-refractivity contribution in [2.24, 2.45) is 0 Å². The first-order chi connectivity index (χ1) is 12.5. The predicted molar refractivity (Wildman–Crippen MR) is 107 cm³/mol. The molecule has 0 aromatic heterocycles.